The third kappa shape index (κ3) is 14.1. The maximum atomic E-state index is 13.4. The lowest BCUT2D eigenvalue weighted by atomic mass is 9.85. The van der Waals surface area contributed by atoms with Crippen molar-refractivity contribution in [3.63, 3.8) is 0 Å². The first-order valence-electron chi connectivity index (χ1n) is 18.3. The molecule has 1 aliphatic carbocycles. The molecule has 0 spiro atoms. The molecule has 0 radical (unpaired) electrons. The number of Topliss-reactive ketones (excluding diaryl/α,β-unsaturated/α-hetero) is 1. The Kier molecular flexibility index (Phi) is 20.3. The van der Waals surface area contributed by atoms with Gasteiger partial charge in [-0.25, -0.2) is 13.2 Å². The van der Waals surface area contributed by atoms with E-state index >= 15 is 0 Å². The predicted octanol–water partition coefficient (Wildman–Crippen LogP) is 4.57. The molecule has 1 saturated carbocycles. The third-order valence-corrected chi connectivity index (χ3v) is 12.2. The zero-order chi connectivity index (χ0) is 39.0. The van der Waals surface area contributed by atoms with E-state index in [1.165, 1.54) is 0 Å². The van der Waals surface area contributed by atoms with Crippen LogP contribution < -0.4 is 21.3 Å². The number of hydrogen-bond donors (Lipinski definition) is 4. The lowest BCUT2D eigenvalue weighted by Crippen LogP contribution is -2.60. The van der Waals surface area contributed by atoms with Crippen molar-refractivity contribution < 1.29 is 32.4 Å². The van der Waals surface area contributed by atoms with Crippen molar-refractivity contribution in [1.29, 1.82) is 0 Å². The van der Waals surface area contributed by atoms with Crippen molar-refractivity contribution in [2.24, 2.45) is 17.3 Å². The molecule has 2 fully saturated rings. The van der Waals surface area contributed by atoms with Crippen LogP contribution in [0, 0.1) is 17.3 Å². The second kappa shape index (κ2) is 21.5. The number of likely N-dealkylation sites (tertiary alicyclic amines) is 1. The molecule has 2 rings (SSSR count). The Bertz CT molecular complexity index is 1220. The number of urea groups is 1. The minimum absolute atomic E-state index is 0.268. The highest BCUT2D eigenvalue weighted by molar-refractivity contribution is 7.93. The Labute approximate surface area is 303 Å². The zero-order valence-corrected chi connectivity index (χ0v) is 33.8. The average Bonchev–Trinajstić information content (AvgIpc) is 3.48. The number of nitrogens with zero attached hydrogens (tertiary/aromatic N) is 1. The maximum absolute atomic E-state index is 13.4. The number of amides is 4. The zero-order valence-electron chi connectivity index (χ0n) is 33.0. The second-order valence-electron chi connectivity index (χ2n) is 15.5. The Balaban J connectivity index is 0.00000119. The van der Waals surface area contributed by atoms with Crippen molar-refractivity contribution in [3.05, 3.63) is 12.7 Å². The van der Waals surface area contributed by atoms with Crippen LogP contribution in [-0.4, -0.2) is 97.5 Å². The molecule has 1 heterocycles. The van der Waals surface area contributed by atoms with Crippen LogP contribution in [-0.2, 0) is 29.0 Å². The molecule has 0 aromatic carbocycles. The highest BCUT2D eigenvalue weighted by Crippen LogP contribution is 2.32. The van der Waals surface area contributed by atoms with E-state index in [2.05, 4.69) is 27.8 Å². The number of carbonyl (C=O) groups excluding carboxylic acids is 5. The molecule has 13 heteroatoms. The van der Waals surface area contributed by atoms with Crippen molar-refractivity contribution >= 4 is 39.8 Å². The lowest BCUT2D eigenvalue weighted by Gasteiger charge is -2.38. The summed E-state index contributed by atoms with van der Waals surface area (Å²) in [5.41, 5.74) is -0.588. The summed E-state index contributed by atoms with van der Waals surface area (Å²) in [5, 5.41) is 10.4. The van der Waals surface area contributed by atoms with Gasteiger partial charge in [-0.15, -0.1) is 6.58 Å². The van der Waals surface area contributed by atoms with Crippen molar-refractivity contribution in [2.75, 3.05) is 20.1 Å². The number of aldehydes is 1. The average molecular weight is 728 g/mol. The molecule has 50 heavy (non-hydrogen) atoms. The lowest BCUT2D eigenvalue weighted by molar-refractivity contribution is -0.139. The van der Waals surface area contributed by atoms with Gasteiger partial charge in [0.25, 0.3) is 5.91 Å². The standard InChI is InChI=1S/C24H43N3O5S.C11H20N2O2.C2H6/c1-8-16-13-17(15-28)27(14-16)21(29)20(23(2,3)4)26-22(30)25-18-11-9-10-12-19(18)33(31,32)24(5,6)7;1-5-6-13-11(15)10(14)9(12-4)7-8(2)3;1-2/h15-20H,8-14H2,1-7H3,(H2,25,26,30);5,8-9,12H,1,6-7H2,2-4H3,(H,13,15);1-2H3/t16-,17?,18?,19?,20?;;/m1../s1. The maximum Gasteiger partial charge on any atom is 0.315 e. The number of likely N-dealkylation sites (N-methyl/N-ethyl adjacent to an activating group) is 1. The smallest absolute Gasteiger partial charge is 0.315 e. The summed E-state index contributed by atoms with van der Waals surface area (Å²) < 4.78 is 25.3. The van der Waals surface area contributed by atoms with Gasteiger partial charge in [0.05, 0.1) is 22.1 Å². The Morgan fingerprint density at radius 3 is 2.04 bits per heavy atom. The molecule has 4 amide bonds. The molecule has 0 aromatic rings. The molecule has 4 N–H and O–H groups in total. The molecule has 1 aliphatic heterocycles. The number of ketones is 1. The van der Waals surface area contributed by atoms with Gasteiger partial charge in [-0.1, -0.05) is 80.7 Å². The molecule has 2 aliphatic rings. The van der Waals surface area contributed by atoms with Gasteiger partial charge < -0.3 is 31.0 Å². The first-order valence-corrected chi connectivity index (χ1v) is 19.9. The summed E-state index contributed by atoms with van der Waals surface area (Å²) in [6.45, 7) is 25.0. The number of nitrogens with one attached hydrogen (secondary N) is 4. The summed E-state index contributed by atoms with van der Waals surface area (Å²) in [7, 11) is -1.77. The summed E-state index contributed by atoms with van der Waals surface area (Å²) >= 11 is 0. The van der Waals surface area contributed by atoms with Crippen LogP contribution >= 0.6 is 0 Å². The molecule has 6 atom stereocenters. The fourth-order valence-electron chi connectivity index (χ4n) is 6.12. The first-order chi connectivity index (χ1) is 23.2. The SMILES string of the molecule is C=CCNC(=O)C(=O)C(CC(C)C)NC.CC.CC[C@@H]1CC(C=O)N(C(=O)C(NC(=O)NC2CCCCC2S(=O)(=O)C(C)(C)C)C(C)(C)C)C1. The van der Waals surface area contributed by atoms with E-state index in [1.807, 2.05) is 55.4 Å². The van der Waals surface area contributed by atoms with E-state index in [9.17, 15) is 32.4 Å². The van der Waals surface area contributed by atoms with Crippen molar-refractivity contribution in [2.45, 2.75) is 155 Å². The Morgan fingerprint density at radius 1 is 1.00 bits per heavy atom. The van der Waals surface area contributed by atoms with Gasteiger partial charge in [0.2, 0.25) is 11.7 Å². The van der Waals surface area contributed by atoms with E-state index in [0.29, 0.717) is 44.7 Å². The number of hydrogen-bond acceptors (Lipinski definition) is 8. The number of sulfone groups is 1. The van der Waals surface area contributed by atoms with E-state index in [-0.39, 0.29) is 11.8 Å². The summed E-state index contributed by atoms with van der Waals surface area (Å²) in [5.74, 6) is -0.584. The van der Waals surface area contributed by atoms with Crippen LogP contribution in [0.3, 0.4) is 0 Å². The summed E-state index contributed by atoms with van der Waals surface area (Å²) in [6, 6.07) is -2.75. The topological polar surface area (TPSA) is 171 Å². The molecular weight excluding hydrogens is 659 g/mol. The largest absolute Gasteiger partial charge is 0.346 e. The van der Waals surface area contributed by atoms with Crippen LogP contribution in [0.1, 0.15) is 121 Å². The van der Waals surface area contributed by atoms with E-state index in [0.717, 1.165) is 25.5 Å². The van der Waals surface area contributed by atoms with Crippen LogP contribution in [0.25, 0.3) is 0 Å². The van der Waals surface area contributed by atoms with E-state index in [4.69, 9.17) is 0 Å². The van der Waals surface area contributed by atoms with Gasteiger partial charge in [0.15, 0.2) is 9.84 Å². The van der Waals surface area contributed by atoms with Crippen LogP contribution in [0.15, 0.2) is 12.7 Å². The molecule has 0 bridgehead atoms. The highest BCUT2D eigenvalue weighted by atomic mass is 32.2. The molecule has 0 aromatic heterocycles. The number of carbonyl (C=O) groups is 5. The van der Waals surface area contributed by atoms with E-state index < -0.39 is 67.1 Å². The van der Waals surface area contributed by atoms with Gasteiger partial charge in [-0.2, -0.15) is 0 Å². The first kappa shape index (κ1) is 47.2. The third-order valence-electron chi connectivity index (χ3n) is 9.11. The Hall–Kier alpha value is -2.80. The fourth-order valence-corrected chi connectivity index (χ4v) is 8.14. The van der Waals surface area contributed by atoms with Crippen LogP contribution in [0.5, 0.6) is 0 Å². The second-order valence-corrected chi connectivity index (χ2v) is 18.5. The Morgan fingerprint density at radius 2 is 1.58 bits per heavy atom. The monoisotopic (exact) mass is 727 g/mol. The van der Waals surface area contributed by atoms with Crippen molar-refractivity contribution in [3.8, 4) is 0 Å². The van der Waals surface area contributed by atoms with Crippen LogP contribution in [0.2, 0.25) is 0 Å². The summed E-state index contributed by atoms with van der Waals surface area (Å²) in [6.07, 6.45) is 7.30. The predicted molar refractivity (Wildman–Crippen MR) is 201 cm³/mol. The van der Waals surface area contributed by atoms with Gasteiger partial charge in [-0.3, -0.25) is 14.4 Å². The normalized spacial score (nSPS) is 22.1. The van der Waals surface area contributed by atoms with Crippen molar-refractivity contribution in [1.82, 2.24) is 26.2 Å². The van der Waals surface area contributed by atoms with Gasteiger partial charge in [-0.05, 0) is 70.8 Å². The minimum atomic E-state index is -3.46. The van der Waals surface area contributed by atoms with Crippen LogP contribution in [0.4, 0.5) is 4.79 Å². The molecule has 290 valence electrons. The van der Waals surface area contributed by atoms with Gasteiger partial charge in [0.1, 0.15) is 12.3 Å². The molecule has 12 nitrogen and oxygen atoms in total. The highest BCUT2D eigenvalue weighted by Gasteiger charge is 2.45. The summed E-state index contributed by atoms with van der Waals surface area (Å²) in [4.78, 5) is 62.6. The van der Waals surface area contributed by atoms with E-state index in [1.54, 1.807) is 38.8 Å². The number of rotatable bonds is 13. The minimum Gasteiger partial charge on any atom is -0.346 e. The molecule has 5 unspecified atom stereocenters. The molecule has 1 saturated heterocycles. The fraction of sp³-hybridized carbons (Fsp3) is 0.811. The molecular formula is C37H69N5O7S. The van der Waals surface area contributed by atoms with Gasteiger partial charge >= 0.3 is 6.03 Å². The van der Waals surface area contributed by atoms with Gasteiger partial charge in [0, 0.05) is 19.1 Å². The quantitative estimate of drug-likeness (QED) is 0.122.